The summed E-state index contributed by atoms with van der Waals surface area (Å²) in [7, 11) is -2.24. The molecule has 0 aliphatic rings. The van der Waals surface area contributed by atoms with Crippen molar-refractivity contribution < 1.29 is 18.9 Å². The summed E-state index contributed by atoms with van der Waals surface area (Å²) < 4.78 is 37.9. The Morgan fingerprint density at radius 3 is 0.340 bits per heavy atom. The van der Waals surface area contributed by atoms with Gasteiger partial charge in [0.05, 0.1) is 26.4 Å². The van der Waals surface area contributed by atoms with Crippen molar-refractivity contribution >= 4 is 112 Å². The van der Waals surface area contributed by atoms with E-state index in [4.69, 9.17) is 18.6 Å². The Hall–Kier alpha value is 2.95. The van der Waals surface area contributed by atoms with Gasteiger partial charge in [-0.3, -0.25) is 0 Å². The Kier molecular flexibility index (Phi) is 48.1. The second-order valence-electron chi connectivity index (χ2n) is 19.8. The van der Waals surface area contributed by atoms with Gasteiger partial charge in [-0.1, -0.05) is 223 Å². The van der Waals surface area contributed by atoms with Gasteiger partial charge in [-0.15, -0.1) is 0 Å². The first-order valence-electron chi connectivity index (χ1n) is 17.6. The van der Waals surface area contributed by atoms with Crippen LogP contribution < -0.4 is 0 Å². The molecule has 8 nitrogen and oxygen atoms in total. The van der Waals surface area contributed by atoms with Gasteiger partial charge in [0.25, 0.3) is 0 Å². The molecule has 0 saturated heterocycles. The molecule has 0 atom stereocenters. The van der Waals surface area contributed by atoms with Crippen molar-refractivity contribution in [2.75, 3.05) is 54.9 Å². The second-order valence-corrected chi connectivity index (χ2v) is 58.1. The summed E-state index contributed by atoms with van der Waals surface area (Å²) in [5.74, 6) is 0. The molecule has 300 valence electrons. The van der Waals surface area contributed by atoms with Gasteiger partial charge >= 0.3 is 46.1 Å². The van der Waals surface area contributed by atoms with Crippen LogP contribution in [0.4, 0.5) is 0 Å². The van der Waals surface area contributed by atoms with Crippen LogP contribution in [0.25, 0.3) is 18.6 Å². The van der Waals surface area contributed by atoms with Crippen molar-refractivity contribution in [1.82, 2.24) is 0 Å². The quantitative estimate of drug-likeness (QED) is 0.128. The molecule has 0 bridgehead atoms. The summed E-state index contributed by atoms with van der Waals surface area (Å²) in [6.45, 7) is 57.9. The molecular formula is C32H92Mg2N4O4Si8. The number of nitrogens with zero attached hydrogens (tertiary/aromatic N) is 4. The first-order chi connectivity index (χ1) is 20.7. The summed E-state index contributed by atoms with van der Waals surface area (Å²) >= 11 is 0. The Morgan fingerprint density at radius 2 is 0.320 bits per heavy atom. The van der Waals surface area contributed by atoms with Crippen LogP contribution in [0, 0.1) is 0 Å². The van der Waals surface area contributed by atoms with Crippen LogP contribution in [0.5, 0.6) is 0 Å². The Bertz CT molecular complexity index is 545. The predicted octanol–water partition coefficient (Wildman–Crippen LogP) is 11.9. The van der Waals surface area contributed by atoms with Crippen LogP contribution in [-0.2, 0) is 18.9 Å². The van der Waals surface area contributed by atoms with Gasteiger partial charge in [0.1, 0.15) is 0 Å². The van der Waals surface area contributed by atoms with Crippen molar-refractivity contribution in [3.8, 4) is 0 Å². The molecule has 0 saturated carbocycles. The first-order valence-corrected chi connectivity index (χ1v) is 45.2. The Labute approximate surface area is 358 Å². The van der Waals surface area contributed by atoms with Gasteiger partial charge in [0.15, 0.2) is 0 Å². The van der Waals surface area contributed by atoms with Gasteiger partial charge in [0, 0.05) is 28.4 Å². The number of hydrogen-bond donors (Lipinski definition) is 0. The minimum atomic E-state index is -1.11. The number of hydrogen-bond acceptors (Lipinski definition) is 4. The summed E-state index contributed by atoms with van der Waals surface area (Å²) in [4.78, 5) is 0. The minimum absolute atomic E-state index is 0. The van der Waals surface area contributed by atoms with Gasteiger partial charge in [-0.05, 0) is 0 Å². The molecule has 0 aromatic carbocycles. The topological polar surface area (TPSA) is 93.3 Å². The molecule has 0 heterocycles. The van der Waals surface area contributed by atoms with Crippen LogP contribution in [0.3, 0.4) is 0 Å². The summed E-state index contributed by atoms with van der Waals surface area (Å²) in [5, 5.41) is 0. The fourth-order valence-corrected chi connectivity index (χ4v) is 36.6. The van der Waals surface area contributed by atoms with E-state index in [0.29, 0.717) is 26.4 Å². The zero-order valence-electron chi connectivity index (χ0n) is 39.7. The van der Waals surface area contributed by atoms with Crippen LogP contribution in [0.15, 0.2) is 0 Å². The normalized spacial score (nSPS) is 12.2. The maximum atomic E-state index is 4.82. The third-order valence-electron chi connectivity index (χ3n) is 3.67. The second kappa shape index (κ2) is 34.0. The molecule has 0 radical (unpaired) electrons. The van der Waals surface area contributed by atoms with Crippen molar-refractivity contribution in [2.45, 2.75) is 157 Å². The fourth-order valence-electron chi connectivity index (χ4n) is 4.36. The predicted molar refractivity (Wildman–Crippen MR) is 259 cm³/mol. The fraction of sp³-hybridized carbons (Fsp3) is 1.00. The zero-order valence-corrected chi connectivity index (χ0v) is 50.5. The van der Waals surface area contributed by atoms with Crippen molar-refractivity contribution in [3.05, 3.63) is 18.6 Å². The van der Waals surface area contributed by atoms with E-state index in [2.05, 4.69) is 176 Å². The molecule has 0 unspecified atom stereocenters. The van der Waals surface area contributed by atoms with Crippen molar-refractivity contribution in [3.63, 3.8) is 0 Å². The number of rotatable bonds is 14. The minimum Gasteiger partial charge on any atom is -0.668 e. The summed E-state index contributed by atoms with van der Waals surface area (Å²) in [5.41, 5.74) is 0. The van der Waals surface area contributed by atoms with E-state index in [9.17, 15) is 0 Å². The maximum Gasteiger partial charge on any atom is 2.00 e. The van der Waals surface area contributed by atoms with Crippen LogP contribution in [-0.4, -0.2) is 167 Å². The molecule has 50 heavy (non-hydrogen) atoms. The van der Waals surface area contributed by atoms with E-state index < -0.39 is 65.9 Å². The van der Waals surface area contributed by atoms with E-state index in [0.717, 1.165) is 0 Å². The monoisotopic (exact) mass is 868 g/mol. The molecule has 0 spiro atoms. The Balaban J connectivity index is -0.0000000705. The SMILES string of the molecule is COCCOC.COCCOC.C[Si](C)(C)[N-][Si](C)(C)C.C[Si](C)(C)[N-][Si](C)(C)C.C[Si](C)(C)[N-][Si](C)(C)C.C[Si](C)(C)[N-][Si](C)(C)C.[Mg+2].[Mg+2]. The molecule has 0 amide bonds. The summed E-state index contributed by atoms with van der Waals surface area (Å²) in [6.07, 6.45) is 0. The number of methoxy groups -OCH3 is 4. The van der Waals surface area contributed by atoms with Crippen molar-refractivity contribution in [2.24, 2.45) is 0 Å². The third kappa shape index (κ3) is 117. The molecule has 0 aliphatic heterocycles. The average molecular weight is 870 g/mol. The third-order valence-corrected chi connectivity index (χ3v) is 25.1. The summed E-state index contributed by atoms with van der Waals surface area (Å²) in [6, 6.07) is 0. The molecule has 0 aromatic heterocycles. The van der Waals surface area contributed by atoms with E-state index in [1.165, 1.54) is 0 Å². The standard InChI is InChI=1S/4C6H18NSi2.2C4H10O2.2Mg/c4*1-8(2,3)7-9(4,5)6;2*1-5-3-4-6-2;;/h4*1-6H3;2*3-4H2,1-2H3;;/q4*-1;;;2*+2. The van der Waals surface area contributed by atoms with Gasteiger partial charge in [-0.25, -0.2) is 0 Å². The van der Waals surface area contributed by atoms with Crippen LogP contribution >= 0.6 is 0 Å². The van der Waals surface area contributed by atoms with E-state index in [1.807, 2.05) is 0 Å². The van der Waals surface area contributed by atoms with Gasteiger partial charge in [-0.2, -0.15) is 0 Å². The Morgan fingerprint density at radius 1 is 0.240 bits per heavy atom. The maximum absolute atomic E-state index is 4.82. The van der Waals surface area contributed by atoms with Crippen LogP contribution in [0.1, 0.15) is 0 Å². The molecule has 0 N–H and O–H groups in total. The van der Waals surface area contributed by atoms with E-state index >= 15 is 0 Å². The molecule has 0 aliphatic carbocycles. The van der Waals surface area contributed by atoms with Crippen molar-refractivity contribution in [1.29, 1.82) is 0 Å². The molecule has 0 fully saturated rings. The molecule has 18 heteroatoms. The number of ether oxygens (including phenoxy) is 4. The smallest absolute Gasteiger partial charge is 0.668 e. The molecule has 0 rings (SSSR count). The van der Waals surface area contributed by atoms with E-state index in [1.54, 1.807) is 28.4 Å². The first kappa shape index (κ1) is 70.7. The average Bonchev–Trinajstić information content (AvgIpc) is 2.68. The van der Waals surface area contributed by atoms with Gasteiger partial charge in [0.2, 0.25) is 0 Å². The zero-order chi connectivity index (χ0) is 40.5. The largest absolute Gasteiger partial charge is 2.00 e. The van der Waals surface area contributed by atoms with Crippen LogP contribution in [0.2, 0.25) is 157 Å². The van der Waals surface area contributed by atoms with Gasteiger partial charge < -0.3 is 37.5 Å². The van der Waals surface area contributed by atoms with E-state index in [-0.39, 0.29) is 46.1 Å². The molecular weight excluding hydrogens is 778 g/mol. The molecule has 0 aromatic rings.